The SMILES string of the molecule is COc1cc(OC)c(SSC)cc1SC. The second-order valence-electron chi connectivity index (χ2n) is 2.61. The van der Waals surface area contributed by atoms with Gasteiger partial charge in [0.25, 0.3) is 0 Å². The maximum absolute atomic E-state index is 5.32. The quantitative estimate of drug-likeness (QED) is 0.592. The molecule has 0 spiro atoms. The van der Waals surface area contributed by atoms with Gasteiger partial charge in [0.1, 0.15) is 11.5 Å². The van der Waals surface area contributed by atoms with Gasteiger partial charge in [-0.15, -0.1) is 11.8 Å². The summed E-state index contributed by atoms with van der Waals surface area (Å²) in [5.41, 5.74) is 0. The van der Waals surface area contributed by atoms with Gasteiger partial charge < -0.3 is 9.47 Å². The van der Waals surface area contributed by atoms with Gasteiger partial charge in [-0.3, -0.25) is 0 Å². The molecule has 0 saturated heterocycles. The minimum Gasteiger partial charge on any atom is -0.495 e. The lowest BCUT2D eigenvalue weighted by molar-refractivity contribution is 0.381. The zero-order chi connectivity index (χ0) is 11.3. The van der Waals surface area contributed by atoms with E-state index in [1.807, 2.05) is 18.6 Å². The largest absolute Gasteiger partial charge is 0.495 e. The first-order chi connectivity index (χ1) is 7.26. The smallest absolute Gasteiger partial charge is 0.137 e. The number of hydrogen-bond acceptors (Lipinski definition) is 5. The Bertz CT molecular complexity index is 329. The van der Waals surface area contributed by atoms with Crippen molar-refractivity contribution in [1.29, 1.82) is 0 Å². The average molecular weight is 262 g/mol. The van der Waals surface area contributed by atoms with Crippen molar-refractivity contribution in [3.8, 4) is 11.5 Å². The lowest BCUT2D eigenvalue weighted by Gasteiger charge is -2.12. The van der Waals surface area contributed by atoms with Crippen LogP contribution in [0.25, 0.3) is 0 Å². The molecule has 1 aromatic carbocycles. The van der Waals surface area contributed by atoms with E-state index in [2.05, 4.69) is 6.07 Å². The van der Waals surface area contributed by atoms with Crippen LogP contribution >= 0.6 is 33.3 Å². The molecule has 0 amide bonds. The molecule has 0 saturated carbocycles. The third-order valence-corrected chi connectivity index (χ3v) is 4.31. The van der Waals surface area contributed by atoms with E-state index >= 15 is 0 Å². The molecule has 84 valence electrons. The van der Waals surface area contributed by atoms with Crippen molar-refractivity contribution in [3.05, 3.63) is 12.1 Å². The average Bonchev–Trinajstić information content (AvgIpc) is 2.28. The molecular formula is C10H14O2S3. The highest BCUT2D eigenvalue weighted by molar-refractivity contribution is 8.76. The highest BCUT2D eigenvalue weighted by Gasteiger charge is 2.10. The predicted molar refractivity (Wildman–Crippen MR) is 70.7 cm³/mol. The zero-order valence-electron chi connectivity index (χ0n) is 9.20. The monoisotopic (exact) mass is 262 g/mol. The molecule has 0 aromatic heterocycles. The van der Waals surface area contributed by atoms with Crippen molar-refractivity contribution in [2.24, 2.45) is 0 Å². The summed E-state index contributed by atoms with van der Waals surface area (Å²) in [6.45, 7) is 0. The molecule has 0 heterocycles. The van der Waals surface area contributed by atoms with Gasteiger partial charge in [-0.05, 0) is 18.6 Å². The van der Waals surface area contributed by atoms with Gasteiger partial charge in [0.05, 0.1) is 24.0 Å². The van der Waals surface area contributed by atoms with Gasteiger partial charge in [-0.25, -0.2) is 0 Å². The van der Waals surface area contributed by atoms with Gasteiger partial charge in [0, 0.05) is 6.07 Å². The Kier molecular flexibility index (Phi) is 5.56. The van der Waals surface area contributed by atoms with Crippen LogP contribution in [0.2, 0.25) is 0 Å². The molecule has 0 aliphatic heterocycles. The van der Waals surface area contributed by atoms with Gasteiger partial charge in [0.15, 0.2) is 0 Å². The van der Waals surface area contributed by atoms with Crippen LogP contribution in [0.4, 0.5) is 0 Å². The summed E-state index contributed by atoms with van der Waals surface area (Å²) in [6, 6.07) is 4.04. The molecule has 0 aliphatic rings. The third kappa shape index (κ3) is 3.16. The number of thioether (sulfide) groups is 1. The van der Waals surface area contributed by atoms with Crippen LogP contribution in [0.15, 0.2) is 21.9 Å². The minimum atomic E-state index is 0.865. The molecule has 1 aromatic rings. The lowest BCUT2D eigenvalue weighted by atomic mass is 10.3. The summed E-state index contributed by atoms with van der Waals surface area (Å²) in [7, 11) is 6.76. The molecule has 0 bridgehead atoms. The fourth-order valence-electron chi connectivity index (χ4n) is 1.16. The van der Waals surface area contributed by atoms with E-state index in [9.17, 15) is 0 Å². The van der Waals surface area contributed by atoms with E-state index in [1.54, 1.807) is 47.6 Å². The summed E-state index contributed by atoms with van der Waals surface area (Å²) in [5, 5.41) is 0. The topological polar surface area (TPSA) is 18.5 Å². The van der Waals surface area contributed by atoms with E-state index in [-0.39, 0.29) is 0 Å². The Morgan fingerprint density at radius 3 is 2.00 bits per heavy atom. The maximum Gasteiger partial charge on any atom is 0.137 e. The number of methoxy groups -OCH3 is 2. The van der Waals surface area contributed by atoms with Gasteiger partial charge in [-0.1, -0.05) is 21.6 Å². The molecule has 0 aliphatic carbocycles. The molecule has 0 radical (unpaired) electrons. The molecule has 0 N–H and O–H groups in total. The highest BCUT2D eigenvalue weighted by atomic mass is 33.1. The van der Waals surface area contributed by atoms with Crippen LogP contribution < -0.4 is 9.47 Å². The van der Waals surface area contributed by atoms with Crippen molar-refractivity contribution >= 4 is 33.3 Å². The zero-order valence-corrected chi connectivity index (χ0v) is 11.6. The highest BCUT2D eigenvalue weighted by Crippen LogP contribution is 2.42. The Labute approximate surface area is 103 Å². The fourth-order valence-corrected chi connectivity index (χ4v) is 3.31. The second-order valence-corrected chi connectivity index (χ2v) is 5.90. The first-order valence-electron chi connectivity index (χ1n) is 4.27. The van der Waals surface area contributed by atoms with Crippen LogP contribution in [0.1, 0.15) is 0 Å². The molecule has 15 heavy (non-hydrogen) atoms. The number of benzene rings is 1. The maximum atomic E-state index is 5.32. The lowest BCUT2D eigenvalue weighted by Crippen LogP contribution is -1.91. The Hall–Kier alpha value is -0.130. The first kappa shape index (κ1) is 12.9. The number of ether oxygens (including phenoxy) is 2. The molecule has 0 fully saturated rings. The first-order valence-corrected chi connectivity index (χ1v) is 8.05. The molecule has 1 rings (SSSR count). The summed E-state index contributed by atoms with van der Waals surface area (Å²) < 4.78 is 10.6. The number of rotatable bonds is 5. The fraction of sp³-hybridized carbons (Fsp3) is 0.400. The van der Waals surface area contributed by atoms with Gasteiger partial charge >= 0.3 is 0 Å². The van der Waals surface area contributed by atoms with Gasteiger partial charge in [-0.2, -0.15) is 0 Å². The summed E-state index contributed by atoms with van der Waals surface area (Å²) >= 11 is 1.68. The Morgan fingerprint density at radius 1 is 0.933 bits per heavy atom. The molecule has 5 heteroatoms. The molecular weight excluding hydrogens is 248 g/mol. The van der Waals surface area contributed by atoms with Crippen LogP contribution in [0.3, 0.4) is 0 Å². The van der Waals surface area contributed by atoms with Crippen molar-refractivity contribution in [3.63, 3.8) is 0 Å². The van der Waals surface area contributed by atoms with Crippen molar-refractivity contribution in [1.82, 2.24) is 0 Å². The van der Waals surface area contributed by atoms with E-state index in [0.717, 1.165) is 21.3 Å². The molecule has 2 nitrogen and oxygen atoms in total. The van der Waals surface area contributed by atoms with E-state index in [0.29, 0.717) is 0 Å². The van der Waals surface area contributed by atoms with Crippen LogP contribution in [-0.4, -0.2) is 26.7 Å². The standard InChI is InChI=1S/C10H14O2S3/c1-11-7-5-8(12-2)10(15-14-4)6-9(7)13-3/h5-6H,1-4H3. The minimum absolute atomic E-state index is 0.865. The summed E-state index contributed by atoms with van der Waals surface area (Å²) in [6.07, 6.45) is 4.09. The Morgan fingerprint density at radius 2 is 1.53 bits per heavy atom. The van der Waals surface area contributed by atoms with Crippen molar-refractivity contribution < 1.29 is 9.47 Å². The van der Waals surface area contributed by atoms with Crippen molar-refractivity contribution in [2.45, 2.75) is 9.79 Å². The number of hydrogen-bond donors (Lipinski definition) is 0. The van der Waals surface area contributed by atoms with Gasteiger partial charge in [0.2, 0.25) is 0 Å². The van der Waals surface area contributed by atoms with Crippen LogP contribution in [0.5, 0.6) is 11.5 Å². The van der Waals surface area contributed by atoms with Crippen LogP contribution in [-0.2, 0) is 0 Å². The predicted octanol–water partition coefficient (Wildman–Crippen LogP) is 3.80. The van der Waals surface area contributed by atoms with E-state index in [1.165, 1.54) is 0 Å². The normalized spacial score (nSPS) is 10.1. The van der Waals surface area contributed by atoms with E-state index in [4.69, 9.17) is 9.47 Å². The summed E-state index contributed by atoms with van der Waals surface area (Å²) in [4.78, 5) is 2.27. The summed E-state index contributed by atoms with van der Waals surface area (Å²) in [5.74, 6) is 1.73. The molecule has 0 unspecified atom stereocenters. The molecule has 0 atom stereocenters. The van der Waals surface area contributed by atoms with Crippen LogP contribution in [0, 0.1) is 0 Å². The Balaban J connectivity index is 3.15. The van der Waals surface area contributed by atoms with Crippen molar-refractivity contribution in [2.75, 3.05) is 26.7 Å². The van der Waals surface area contributed by atoms with E-state index < -0.39 is 0 Å². The second kappa shape index (κ2) is 6.45. The third-order valence-electron chi connectivity index (χ3n) is 1.84.